The van der Waals surface area contributed by atoms with Gasteiger partial charge in [-0.25, -0.2) is 0 Å². The molecule has 0 aromatic heterocycles. The minimum absolute atomic E-state index is 0.560. The highest BCUT2D eigenvalue weighted by Crippen LogP contribution is 2.01. The number of carbonyl (C=O) groups is 1. The van der Waals surface area contributed by atoms with E-state index in [1.54, 1.807) is 0 Å². The van der Waals surface area contributed by atoms with E-state index in [9.17, 15) is 4.79 Å². The van der Waals surface area contributed by atoms with Gasteiger partial charge in [-0.05, 0) is 5.92 Å². The Morgan fingerprint density at radius 1 is 1.56 bits per heavy atom. The first kappa shape index (κ1) is 8.41. The van der Waals surface area contributed by atoms with E-state index in [1.165, 1.54) is 0 Å². The van der Waals surface area contributed by atoms with Crippen LogP contribution in [-0.4, -0.2) is 6.29 Å². The molecule has 0 spiro atoms. The molecule has 0 aliphatic rings. The van der Waals surface area contributed by atoms with Crippen molar-refractivity contribution in [2.75, 3.05) is 0 Å². The van der Waals surface area contributed by atoms with Crippen molar-refractivity contribution in [1.29, 1.82) is 0 Å². The molecule has 0 bridgehead atoms. The van der Waals surface area contributed by atoms with E-state index >= 15 is 0 Å². The van der Waals surface area contributed by atoms with E-state index in [-0.39, 0.29) is 0 Å². The van der Waals surface area contributed by atoms with Gasteiger partial charge < -0.3 is 4.79 Å². The zero-order valence-corrected chi connectivity index (χ0v) is 6.13. The molecule has 0 N–H and O–H groups in total. The van der Waals surface area contributed by atoms with Crippen LogP contribution in [-0.2, 0) is 4.79 Å². The monoisotopic (exact) mass is 126 g/mol. The lowest BCUT2D eigenvalue weighted by Crippen LogP contribution is -1.83. The summed E-state index contributed by atoms with van der Waals surface area (Å²) in [6.45, 7) is 4.28. The molecule has 0 aromatic rings. The highest BCUT2D eigenvalue weighted by molar-refractivity contribution is 5.51. The van der Waals surface area contributed by atoms with Gasteiger partial charge in [0.25, 0.3) is 0 Å². The second-order valence-electron chi connectivity index (χ2n) is 2.22. The van der Waals surface area contributed by atoms with Crippen LogP contribution < -0.4 is 0 Å². The third kappa shape index (κ3) is 5.28. The van der Waals surface area contributed by atoms with E-state index in [0.29, 0.717) is 12.3 Å². The van der Waals surface area contributed by atoms with Crippen molar-refractivity contribution < 1.29 is 4.79 Å². The van der Waals surface area contributed by atoms with Gasteiger partial charge >= 0.3 is 0 Å². The van der Waals surface area contributed by atoms with Gasteiger partial charge in [0.05, 0.1) is 0 Å². The molecule has 0 aromatic carbocycles. The highest BCUT2D eigenvalue weighted by atomic mass is 16.1. The van der Waals surface area contributed by atoms with Gasteiger partial charge in [0, 0.05) is 6.42 Å². The maximum absolute atomic E-state index is 9.82. The summed E-state index contributed by atoms with van der Waals surface area (Å²) in [6.07, 6.45) is 6.62. The number of carbonyl (C=O) groups excluding carboxylic acids is 1. The first-order valence-electron chi connectivity index (χ1n) is 3.41. The third-order valence-electron chi connectivity index (χ3n) is 1.34. The van der Waals surface area contributed by atoms with Gasteiger partial charge in [-0.3, -0.25) is 0 Å². The van der Waals surface area contributed by atoms with Crippen molar-refractivity contribution in [2.45, 2.75) is 26.7 Å². The summed E-state index contributed by atoms with van der Waals surface area (Å²) in [5.41, 5.74) is 0. The first-order valence-corrected chi connectivity index (χ1v) is 3.41. The van der Waals surface area contributed by atoms with Gasteiger partial charge in [-0.2, -0.15) is 0 Å². The fourth-order valence-corrected chi connectivity index (χ4v) is 0.503. The maximum Gasteiger partial charge on any atom is 0.123 e. The first-order chi connectivity index (χ1) is 4.31. The van der Waals surface area contributed by atoms with Crippen LogP contribution in [0.4, 0.5) is 0 Å². The lowest BCUT2D eigenvalue weighted by Gasteiger charge is -1.96. The quantitative estimate of drug-likeness (QED) is 0.417. The fraction of sp³-hybridized carbons (Fsp3) is 0.625. The number of hydrogen-bond donors (Lipinski definition) is 0. The Hall–Kier alpha value is -0.590. The van der Waals surface area contributed by atoms with Crippen molar-refractivity contribution in [1.82, 2.24) is 0 Å². The zero-order valence-electron chi connectivity index (χ0n) is 6.13. The van der Waals surface area contributed by atoms with Crippen molar-refractivity contribution in [3.05, 3.63) is 12.2 Å². The van der Waals surface area contributed by atoms with Crippen LogP contribution in [0.5, 0.6) is 0 Å². The molecule has 52 valence electrons. The van der Waals surface area contributed by atoms with Crippen LogP contribution in [0.3, 0.4) is 0 Å². The summed E-state index contributed by atoms with van der Waals surface area (Å²) >= 11 is 0. The van der Waals surface area contributed by atoms with Gasteiger partial charge in [-0.15, -0.1) is 0 Å². The number of aldehydes is 1. The molecule has 1 unspecified atom stereocenters. The highest BCUT2D eigenvalue weighted by Gasteiger charge is 1.87. The molecule has 1 atom stereocenters. The predicted molar refractivity (Wildman–Crippen MR) is 39.3 cm³/mol. The van der Waals surface area contributed by atoms with Crippen LogP contribution >= 0.6 is 0 Å². The van der Waals surface area contributed by atoms with Gasteiger partial charge in [0.1, 0.15) is 6.29 Å². The normalized spacial score (nSPS) is 14.0. The van der Waals surface area contributed by atoms with Crippen LogP contribution in [0, 0.1) is 5.92 Å². The molecular weight excluding hydrogens is 112 g/mol. The summed E-state index contributed by atoms with van der Waals surface area (Å²) in [7, 11) is 0. The summed E-state index contributed by atoms with van der Waals surface area (Å²) < 4.78 is 0. The van der Waals surface area contributed by atoms with Gasteiger partial charge in [0.2, 0.25) is 0 Å². The molecule has 9 heavy (non-hydrogen) atoms. The van der Waals surface area contributed by atoms with Crippen LogP contribution in [0.15, 0.2) is 12.2 Å². The van der Waals surface area contributed by atoms with Crippen LogP contribution in [0.25, 0.3) is 0 Å². The Morgan fingerprint density at radius 2 is 2.22 bits per heavy atom. The van der Waals surface area contributed by atoms with E-state index in [4.69, 9.17) is 0 Å². The van der Waals surface area contributed by atoms with Crippen molar-refractivity contribution in [3.8, 4) is 0 Å². The molecule has 0 fully saturated rings. The Kier molecular flexibility index (Phi) is 5.18. The average Bonchev–Trinajstić information content (AvgIpc) is 1.89. The largest absolute Gasteiger partial charge is 0.303 e. The zero-order chi connectivity index (χ0) is 7.11. The second-order valence-corrected chi connectivity index (χ2v) is 2.22. The minimum Gasteiger partial charge on any atom is -0.303 e. The lowest BCUT2D eigenvalue weighted by atomic mass is 10.1. The topological polar surface area (TPSA) is 17.1 Å². The number of rotatable bonds is 4. The third-order valence-corrected chi connectivity index (χ3v) is 1.34. The summed E-state index contributed by atoms with van der Waals surface area (Å²) in [5, 5.41) is 0. The molecule has 0 aliphatic heterocycles. The molecule has 0 aliphatic carbocycles. The van der Waals surface area contributed by atoms with Crippen LogP contribution in [0.2, 0.25) is 0 Å². The van der Waals surface area contributed by atoms with Crippen molar-refractivity contribution >= 4 is 6.29 Å². The molecular formula is C8H14O. The fourth-order valence-electron chi connectivity index (χ4n) is 0.503. The van der Waals surface area contributed by atoms with Crippen LogP contribution in [0.1, 0.15) is 26.7 Å². The van der Waals surface area contributed by atoms with Crippen molar-refractivity contribution in [3.63, 3.8) is 0 Å². The van der Waals surface area contributed by atoms with Gasteiger partial charge in [0.15, 0.2) is 0 Å². The standard InChI is InChI=1S/C8H14O/c1-3-8(2)6-4-5-7-9/h4,6-8H,3,5H2,1-2H3. The van der Waals surface area contributed by atoms with E-state index in [2.05, 4.69) is 19.9 Å². The predicted octanol–water partition coefficient (Wildman–Crippen LogP) is 2.18. The Bertz CT molecular complexity index is 94.7. The summed E-state index contributed by atoms with van der Waals surface area (Å²) in [5.74, 6) is 0.616. The van der Waals surface area contributed by atoms with Gasteiger partial charge in [-0.1, -0.05) is 32.4 Å². The molecule has 0 saturated carbocycles. The molecule has 0 amide bonds. The Morgan fingerprint density at radius 3 is 2.67 bits per heavy atom. The molecule has 1 heteroatoms. The molecule has 0 saturated heterocycles. The summed E-state index contributed by atoms with van der Waals surface area (Å²) in [4.78, 5) is 9.82. The van der Waals surface area contributed by atoms with E-state index < -0.39 is 0 Å². The molecule has 1 nitrogen and oxygen atoms in total. The lowest BCUT2D eigenvalue weighted by molar-refractivity contribution is -0.107. The number of allylic oxidation sites excluding steroid dienone is 2. The summed E-state index contributed by atoms with van der Waals surface area (Å²) in [6, 6.07) is 0. The smallest absolute Gasteiger partial charge is 0.123 e. The van der Waals surface area contributed by atoms with E-state index in [1.807, 2.05) is 6.08 Å². The Balaban J connectivity index is 3.31. The Labute approximate surface area is 56.8 Å². The SMILES string of the molecule is CCC(C)C=CCC=O. The second kappa shape index (κ2) is 5.54. The maximum atomic E-state index is 9.82. The van der Waals surface area contributed by atoms with E-state index in [0.717, 1.165) is 12.7 Å². The minimum atomic E-state index is 0.560. The molecule has 0 rings (SSSR count). The van der Waals surface area contributed by atoms with Crippen molar-refractivity contribution in [2.24, 2.45) is 5.92 Å². The number of hydrogen-bond acceptors (Lipinski definition) is 1. The molecule has 0 heterocycles. The molecule has 0 radical (unpaired) electrons. The average molecular weight is 126 g/mol.